The molecule has 2 amide bonds. The Bertz CT molecular complexity index is 730. The smallest absolute Gasteiger partial charge is 0.328 e. The molecule has 1 aliphatic heterocycles. The minimum absolute atomic E-state index is 0.229. The molecule has 1 aromatic rings. The van der Waals surface area contributed by atoms with E-state index in [0.717, 1.165) is 16.7 Å². The summed E-state index contributed by atoms with van der Waals surface area (Å²) in [6, 6.07) is 4.22. The second-order valence-corrected chi connectivity index (χ2v) is 6.09. The maximum absolute atomic E-state index is 12.5. The molecular weight excluding hydrogens is 346 g/mol. The van der Waals surface area contributed by atoms with Crippen molar-refractivity contribution in [1.82, 2.24) is 4.90 Å². The van der Waals surface area contributed by atoms with Crippen LogP contribution in [0.4, 0.5) is 4.79 Å². The molecule has 0 aromatic heterocycles. The number of imide groups is 1. The fourth-order valence-electron chi connectivity index (χ4n) is 2.29. The number of thioether (sulfide) groups is 1. The van der Waals surface area contributed by atoms with Crippen LogP contribution in [-0.4, -0.2) is 48.9 Å². The molecule has 1 saturated heterocycles. The van der Waals surface area contributed by atoms with Crippen molar-refractivity contribution in [2.75, 3.05) is 20.8 Å². The first-order chi connectivity index (χ1) is 11.9. The van der Waals surface area contributed by atoms with Gasteiger partial charge < -0.3 is 14.2 Å². The second kappa shape index (κ2) is 8.06. The van der Waals surface area contributed by atoms with Crippen molar-refractivity contribution < 1.29 is 28.6 Å². The summed E-state index contributed by atoms with van der Waals surface area (Å²) in [6.07, 6.45) is 1.58. The summed E-state index contributed by atoms with van der Waals surface area (Å²) in [4.78, 5) is 37.3. The maximum atomic E-state index is 12.5. The lowest BCUT2D eigenvalue weighted by Crippen LogP contribution is -2.42. The van der Waals surface area contributed by atoms with Crippen LogP contribution >= 0.6 is 11.8 Å². The van der Waals surface area contributed by atoms with E-state index in [-0.39, 0.29) is 4.91 Å². The second-order valence-electron chi connectivity index (χ2n) is 5.09. The average molecular weight is 365 g/mol. The van der Waals surface area contributed by atoms with Crippen molar-refractivity contribution in [3.8, 4) is 11.5 Å². The fourth-order valence-corrected chi connectivity index (χ4v) is 3.20. The first kappa shape index (κ1) is 18.9. The van der Waals surface area contributed by atoms with E-state index in [1.54, 1.807) is 24.3 Å². The van der Waals surface area contributed by atoms with Crippen LogP contribution < -0.4 is 9.47 Å². The van der Waals surface area contributed by atoms with Gasteiger partial charge in [0.1, 0.15) is 6.04 Å². The van der Waals surface area contributed by atoms with E-state index in [9.17, 15) is 14.4 Å². The topological polar surface area (TPSA) is 82.1 Å². The molecule has 1 fully saturated rings. The minimum atomic E-state index is -0.974. The normalized spacial score (nSPS) is 17.0. The molecule has 1 aliphatic rings. The summed E-state index contributed by atoms with van der Waals surface area (Å²) in [6.45, 7) is 3.82. The molecule has 2 rings (SSSR count). The van der Waals surface area contributed by atoms with E-state index in [1.807, 2.05) is 6.92 Å². The zero-order valence-electron chi connectivity index (χ0n) is 14.4. The van der Waals surface area contributed by atoms with E-state index in [1.165, 1.54) is 21.1 Å². The molecule has 0 N–H and O–H groups in total. The molecule has 8 heteroatoms. The number of esters is 1. The van der Waals surface area contributed by atoms with Gasteiger partial charge in [0, 0.05) is 0 Å². The molecular formula is C17H19NO6S. The third-order valence-corrected chi connectivity index (χ3v) is 4.42. The third-order valence-electron chi connectivity index (χ3n) is 3.54. The van der Waals surface area contributed by atoms with Crippen LogP contribution in [0.3, 0.4) is 0 Å². The quantitative estimate of drug-likeness (QED) is 0.566. The van der Waals surface area contributed by atoms with Gasteiger partial charge >= 0.3 is 5.97 Å². The predicted molar refractivity (Wildman–Crippen MR) is 93.5 cm³/mol. The number of carbonyl (C=O) groups excluding carboxylic acids is 3. The Hall–Kier alpha value is -2.48. The van der Waals surface area contributed by atoms with Crippen LogP contribution in [0.25, 0.3) is 6.08 Å². The van der Waals surface area contributed by atoms with Gasteiger partial charge in [-0.05, 0) is 49.4 Å². The number of amides is 2. The number of ether oxygens (including phenoxy) is 3. The van der Waals surface area contributed by atoms with Gasteiger partial charge in [-0.1, -0.05) is 6.07 Å². The molecule has 7 nitrogen and oxygen atoms in total. The van der Waals surface area contributed by atoms with Gasteiger partial charge in [0.05, 0.1) is 25.7 Å². The van der Waals surface area contributed by atoms with Gasteiger partial charge in [-0.3, -0.25) is 14.5 Å². The van der Waals surface area contributed by atoms with Crippen LogP contribution in [0.15, 0.2) is 23.1 Å². The highest BCUT2D eigenvalue weighted by Crippen LogP contribution is 2.35. The summed E-state index contributed by atoms with van der Waals surface area (Å²) >= 11 is 0.779. The molecule has 134 valence electrons. The van der Waals surface area contributed by atoms with Crippen molar-refractivity contribution in [1.29, 1.82) is 0 Å². The van der Waals surface area contributed by atoms with Gasteiger partial charge in [0.25, 0.3) is 11.1 Å². The number of methoxy groups -OCH3 is 2. The number of rotatable bonds is 6. The molecule has 1 aromatic carbocycles. The molecule has 1 atom stereocenters. The molecule has 0 bridgehead atoms. The highest BCUT2D eigenvalue weighted by atomic mass is 32.2. The van der Waals surface area contributed by atoms with Gasteiger partial charge in [0.15, 0.2) is 11.5 Å². The van der Waals surface area contributed by atoms with Crippen molar-refractivity contribution >= 4 is 35.0 Å². The van der Waals surface area contributed by atoms with Crippen LogP contribution in [0.2, 0.25) is 0 Å². The summed E-state index contributed by atoms with van der Waals surface area (Å²) in [5, 5.41) is -0.507. The Morgan fingerprint density at radius 1 is 1.28 bits per heavy atom. The highest BCUT2D eigenvalue weighted by Gasteiger charge is 2.41. The minimum Gasteiger partial charge on any atom is -0.493 e. The summed E-state index contributed by atoms with van der Waals surface area (Å²) in [7, 11) is 2.73. The van der Waals surface area contributed by atoms with Gasteiger partial charge in [-0.25, -0.2) is 4.79 Å². The van der Waals surface area contributed by atoms with Crippen LogP contribution in [-0.2, 0) is 14.3 Å². The fraction of sp³-hybridized carbons (Fsp3) is 0.353. The van der Waals surface area contributed by atoms with Gasteiger partial charge in [-0.2, -0.15) is 0 Å². The number of nitrogens with zero attached hydrogens (tertiary/aromatic N) is 1. The zero-order chi connectivity index (χ0) is 18.6. The highest BCUT2D eigenvalue weighted by molar-refractivity contribution is 8.18. The predicted octanol–water partition coefficient (Wildman–Crippen LogP) is 2.69. The lowest BCUT2D eigenvalue weighted by atomic mass is 10.1. The number of hydrogen-bond donors (Lipinski definition) is 0. The first-order valence-corrected chi connectivity index (χ1v) is 8.40. The van der Waals surface area contributed by atoms with Gasteiger partial charge in [0.2, 0.25) is 0 Å². The molecule has 1 unspecified atom stereocenters. The monoisotopic (exact) mass is 365 g/mol. The Morgan fingerprint density at radius 3 is 2.60 bits per heavy atom. The van der Waals surface area contributed by atoms with Crippen molar-refractivity contribution in [3.63, 3.8) is 0 Å². The lowest BCUT2D eigenvalue weighted by molar-refractivity contribution is -0.148. The maximum Gasteiger partial charge on any atom is 0.328 e. The van der Waals surface area contributed by atoms with E-state index in [2.05, 4.69) is 4.74 Å². The molecule has 25 heavy (non-hydrogen) atoms. The molecule has 0 radical (unpaired) electrons. The van der Waals surface area contributed by atoms with E-state index >= 15 is 0 Å². The average Bonchev–Trinajstić information content (AvgIpc) is 2.88. The van der Waals surface area contributed by atoms with E-state index in [0.29, 0.717) is 23.7 Å². The zero-order valence-corrected chi connectivity index (χ0v) is 15.2. The third kappa shape index (κ3) is 3.96. The molecule has 0 saturated carbocycles. The van der Waals surface area contributed by atoms with Crippen LogP contribution in [0.1, 0.15) is 19.4 Å². The van der Waals surface area contributed by atoms with Crippen molar-refractivity contribution in [3.05, 3.63) is 28.7 Å². The number of hydrogen-bond acceptors (Lipinski definition) is 7. The standard InChI is InChI=1S/C17H19NO6S/c1-5-24-12-7-6-11(8-13(12)22-3)9-14-15(19)18(17(21)25-14)10(2)16(20)23-4/h6-10H,5H2,1-4H3/b14-9-. The van der Waals surface area contributed by atoms with Crippen molar-refractivity contribution in [2.45, 2.75) is 19.9 Å². The number of benzene rings is 1. The molecule has 0 spiro atoms. The van der Waals surface area contributed by atoms with Crippen molar-refractivity contribution in [2.24, 2.45) is 0 Å². The first-order valence-electron chi connectivity index (χ1n) is 7.58. The lowest BCUT2D eigenvalue weighted by Gasteiger charge is -2.18. The SMILES string of the molecule is CCOc1ccc(/C=C2\SC(=O)N(C(C)C(=O)OC)C2=O)cc1OC. The summed E-state index contributed by atoms with van der Waals surface area (Å²) in [5.74, 6) is -0.0561. The molecule has 0 aliphatic carbocycles. The van der Waals surface area contributed by atoms with Crippen LogP contribution in [0, 0.1) is 0 Å². The summed E-state index contributed by atoms with van der Waals surface area (Å²) < 4.78 is 15.3. The Kier molecular flexibility index (Phi) is 6.08. The van der Waals surface area contributed by atoms with Gasteiger partial charge in [-0.15, -0.1) is 0 Å². The Morgan fingerprint density at radius 2 is 2.00 bits per heavy atom. The van der Waals surface area contributed by atoms with E-state index < -0.39 is 23.2 Å². The van der Waals surface area contributed by atoms with E-state index in [4.69, 9.17) is 9.47 Å². The Labute approximate surface area is 149 Å². The Balaban J connectivity index is 2.29. The number of carbonyl (C=O) groups is 3. The molecule has 1 heterocycles. The summed E-state index contributed by atoms with van der Waals surface area (Å²) in [5.41, 5.74) is 0.677. The largest absolute Gasteiger partial charge is 0.493 e. The van der Waals surface area contributed by atoms with Crippen LogP contribution in [0.5, 0.6) is 11.5 Å².